The van der Waals surface area contributed by atoms with E-state index >= 15 is 0 Å². The van der Waals surface area contributed by atoms with Gasteiger partial charge in [-0.15, -0.1) is 0 Å². The number of hydrogen-bond acceptors (Lipinski definition) is 1. The lowest BCUT2D eigenvalue weighted by Gasteiger charge is -2.14. The number of aliphatic carboxylic acids is 1. The molecular weight excluding hydrogens is 316 g/mol. The first-order chi connectivity index (χ1) is 9.47. The van der Waals surface area contributed by atoms with Crippen LogP contribution in [0.2, 0.25) is 0 Å². The lowest BCUT2D eigenvalue weighted by molar-refractivity contribution is -0.138. The Balaban J connectivity index is 2.30. The topological polar surface area (TPSA) is 37.3 Å². The molecule has 0 saturated heterocycles. The number of halogens is 1. The summed E-state index contributed by atoms with van der Waals surface area (Å²) >= 11 is 3.39. The highest BCUT2D eigenvalue weighted by atomic mass is 79.9. The first-order valence-electron chi connectivity index (χ1n) is 6.52. The second-order valence-corrected chi connectivity index (χ2v) is 5.98. The van der Waals surface area contributed by atoms with Crippen molar-refractivity contribution >= 4 is 21.9 Å². The molecule has 0 aliphatic rings. The summed E-state index contributed by atoms with van der Waals surface area (Å²) in [5.41, 5.74) is 4.30. The maximum atomic E-state index is 11.6. The van der Waals surface area contributed by atoms with Gasteiger partial charge >= 0.3 is 5.97 Å². The molecule has 2 aromatic carbocycles. The highest BCUT2D eigenvalue weighted by molar-refractivity contribution is 9.10. The van der Waals surface area contributed by atoms with Gasteiger partial charge in [-0.25, -0.2) is 0 Å². The molecule has 0 heterocycles. The predicted molar refractivity (Wildman–Crippen MR) is 84.1 cm³/mol. The summed E-state index contributed by atoms with van der Waals surface area (Å²) in [6, 6.07) is 13.6. The van der Waals surface area contributed by atoms with E-state index in [1.54, 1.807) is 0 Å². The first kappa shape index (κ1) is 14.8. The average molecular weight is 333 g/mol. The van der Waals surface area contributed by atoms with E-state index in [0.717, 1.165) is 15.6 Å². The second-order valence-electron chi connectivity index (χ2n) is 5.07. The van der Waals surface area contributed by atoms with Crippen LogP contribution in [0.15, 0.2) is 46.9 Å². The zero-order valence-corrected chi connectivity index (χ0v) is 13.1. The number of aryl methyl sites for hydroxylation is 2. The Morgan fingerprint density at radius 1 is 1.15 bits per heavy atom. The molecule has 0 fully saturated rings. The van der Waals surface area contributed by atoms with Crippen LogP contribution in [0.1, 0.15) is 28.2 Å². The summed E-state index contributed by atoms with van der Waals surface area (Å²) in [7, 11) is 0. The van der Waals surface area contributed by atoms with Crippen molar-refractivity contribution in [2.75, 3.05) is 0 Å². The van der Waals surface area contributed by atoms with Crippen LogP contribution in [0.5, 0.6) is 0 Å². The molecule has 2 aromatic rings. The van der Waals surface area contributed by atoms with Gasteiger partial charge in [-0.2, -0.15) is 0 Å². The SMILES string of the molecule is Cc1ccc(C[C@@H](C(=O)O)c2cccc(Br)c2)cc1C. The molecule has 104 valence electrons. The lowest BCUT2D eigenvalue weighted by atomic mass is 9.91. The fourth-order valence-corrected chi connectivity index (χ4v) is 2.65. The molecule has 0 radical (unpaired) electrons. The van der Waals surface area contributed by atoms with Crippen molar-refractivity contribution in [3.05, 3.63) is 69.2 Å². The van der Waals surface area contributed by atoms with Crippen molar-refractivity contribution in [1.82, 2.24) is 0 Å². The molecule has 0 aliphatic carbocycles. The fraction of sp³-hybridized carbons (Fsp3) is 0.235. The molecule has 0 saturated carbocycles. The van der Waals surface area contributed by atoms with E-state index in [-0.39, 0.29) is 0 Å². The van der Waals surface area contributed by atoms with Crippen LogP contribution in [0.3, 0.4) is 0 Å². The highest BCUT2D eigenvalue weighted by Crippen LogP contribution is 2.25. The van der Waals surface area contributed by atoms with E-state index in [2.05, 4.69) is 28.9 Å². The number of hydrogen-bond donors (Lipinski definition) is 1. The Bertz CT molecular complexity index is 635. The molecule has 0 spiro atoms. The lowest BCUT2D eigenvalue weighted by Crippen LogP contribution is -2.14. The van der Waals surface area contributed by atoms with Crippen molar-refractivity contribution in [3.63, 3.8) is 0 Å². The largest absolute Gasteiger partial charge is 0.481 e. The number of carboxylic acid groups (broad SMARTS) is 1. The molecule has 0 aliphatic heterocycles. The van der Waals surface area contributed by atoms with Gasteiger partial charge in [-0.1, -0.05) is 46.3 Å². The van der Waals surface area contributed by atoms with Crippen LogP contribution >= 0.6 is 15.9 Å². The smallest absolute Gasteiger partial charge is 0.311 e. The van der Waals surface area contributed by atoms with E-state index in [0.29, 0.717) is 6.42 Å². The highest BCUT2D eigenvalue weighted by Gasteiger charge is 2.20. The summed E-state index contributed by atoms with van der Waals surface area (Å²) in [4.78, 5) is 11.6. The van der Waals surface area contributed by atoms with Crippen molar-refractivity contribution in [2.24, 2.45) is 0 Å². The van der Waals surface area contributed by atoms with Gasteiger partial charge < -0.3 is 5.11 Å². The summed E-state index contributed by atoms with van der Waals surface area (Å²) < 4.78 is 0.904. The van der Waals surface area contributed by atoms with Crippen LogP contribution in [0.4, 0.5) is 0 Å². The Morgan fingerprint density at radius 3 is 2.50 bits per heavy atom. The molecular formula is C17H17BrO2. The van der Waals surface area contributed by atoms with Crippen LogP contribution in [-0.4, -0.2) is 11.1 Å². The van der Waals surface area contributed by atoms with Gasteiger partial charge in [0.1, 0.15) is 0 Å². The van der Waals surface area contributed by atoms with E-state index in [4.69, 9.17) is 0 Å². The van der Waals surface area contributed by atoms with Crippen molar-refractivity contribution in [3.8, 4) is 0 Å². The van der Waals surface area contributed by atoms with E-state index < -0.39 is 11.9 Å². The third kappa shape index (κ3) is 3.48. The van der Waals surface area contributed by atoms with Gasteiger partial charge in [0.15, 0.2) is 0 Å². The molecule has 0 bridgehead atoms. The second kappa shape index (κ2) is 6.23. The van der Waals surface area contributed by atoms with Crippen molar-refractivity contribution in [1.29, 1.82) is 0 Å². The molecule has 1 N–H and O–H groups in total. The van der Waals surface area contributed by atoms with Crippen LogP contribution < -0.4 is 0 Å². The van der Waals surface area contributed by atoms with Gasteiger partial charge in [-0.05, 0) is 54.7 Å². The van der Waals surface area contributed by atoms with E-state index in [1.807, 2.05) is 43.3 Å². The van der Waals surface area contributed by atoms with Gasteiger partial charge in [0.05, 0.1) is 5.92 Å². The zero-order chi connectivity index (χ0) is 14.7. The van der Waals surface area contributed by atoms with Gasteiger partial charge in [0.25, 0.3) is 0 Å². The minimum atomic E-state index is -0.790. The van der Waals surface area contributed by atoms with Gasteiger partial charge in [-0.3, -0.25) is 4.79 Å². The van der Waals surface area contributed by atoms with E-state index in [1.165, 1.54) is 11.1 Å². The maximum Gasteiger partial charge on any atom is 0.311 e. The summed E-state index contributed by atoms with van der Waals surface area (Å²) in [6.45, 7) is 4.11. The molecule has 2 rings (SSSR count). The molecule has 0 unspecified atom stereocenters. The predicted octanol–water partition coefficient (Wildman–Crippen LogP) is 4.48. The summed E-state index contributed by atoms with van der Waals surface area (Å²) in [5.74, 6) is -1.31. The average Bonchev–Trinajstić information content (AvgIpc) is 2.39. The van der Waals surface area contributed by atoms with Crippen molar-refractivity contribution in [2.45, 2.75) is 26.2 Å². The first-order valence-corrected chi connectivity index (χ1v) is 7.31. The quantitative estimate of drug-likeness (QED) is 0.896. The minimum Gasteiger partial charge on any atom is -0.481 e. The van der Waals surface area contributed by atoms with Crippen LogP contribution in [0.25, 0.3) is 0 Å². The molecule has 20 heavy (non-hydrogen) atoms. The summed E-state index contributed by atoms with van der Waals surface area (Å²) in [6.07, 6.45) is 0.507. The Hall–Kier alpha value is -1.61. The maximum absolute atomic E-state index is 11.6. The monoisotopic (exact) mass is 332 g/mol. The molecule has 0 amide bonds. The van der Waals surface area contributed by atoms with Gasteiger partial charge in [0, 0.05) is 4.47 Å². The Labute approximate surface area is 127 Å². The number of benzene rings is 2. The normalized spacial score (nSPS) is 12.2. The third-order valence-corrected chi connectivity index (χ3v) is 4.05. The molecule has 1 atom stereocenters. The number of carbonyl (C=O) groups is 1. The molecule has 3 heteroatoms. The van der Waals surface area contributed by atoms with Crippen LogP contribution in [-0.2, 0) is 11.2 Å². The Morgan fingerprint density at radius 2 is 1.90 bits per heavy atom. The number of carboxylic acids is 1. The zero-order valence-electron chi connectivity index (χ0n) is 11.6. The number of rotatable bonds is 4. The summed E-state index contributed by atoms with van der Waals surface area (Å²) in [5, 5.41) is 9.49. The molecule has 2 nitrogen and oxygen atoms in total. The van der Waals surface area contributed by atoms with Crippen LogP contribution in [0, 0.1) is 13.8 Å². The minimum absolute atomic E-state index is 0.507. The standard InChI is InChI=1S/C17H17BrO2/c1-11-6-7-13(8-12(11)2)9-16(17(19)20)14-4-3-5-15(18)10-14/h3-8,10,16H,9H2,1-2H3,(H,19,20)/t16-/m1/s1. The van der Waals surface area contributed by atoms with Crippen molar-refractivity contribution < 1.29 is 9.90 Å². The Kier molecular flexibility index (Phi) is 4.61. The van der Waals surface area contributed by atoms with E-state index in [9.17, 15) is 9.90 Å². The van der Waals surface area contributed by atoms with Gasteiger partial charge in [0.2, 0.25) is 0 Å². The third-order valence-electron chi connectivity index (χ3n) is 3.56. The molecule has 0 aromatic heterocycles. The fourth-order valence-electron chi connectivity index (χ4n) is 2.24.